The molecule has 0 aliphatic heterocycles. The van der Waals surface area contributed by atoms with Gasteiger partial charge in [-0.15, -0.1) is 11.3 Å². The van der Waals surface area contributed by atoms with Gasteiger partial charge in [0.05, 0.1) is 16.7 Å². The molecule has 0 bridgehead atoms. The Balaban J connectivity index is 2.15. The molecule has 0 amide bonds. The lowest BCUT2D eigenvalue weighted by Gasteiger charge is -2.14. The molecule has 0 aromatic carbocycles. The van der Waals surface area contributed by atoms with Gasteiger partial charge in [0.15, 0.2) is 0 Å². The number of nitrogens with zero attached hydrogens (tertiary/aromatic N) is 1. The van der Waals surface area contributed by atoms with Crippen LogP contribution < -0.4 is 5.32 Å². The number of rotatable bonds is 6. The molecule has 0 radical (unpaired) electrons. The Hall–Kier alpha value is -1.13. The molecule has 1 atom stereocenters. The average molecular weight is 278 g/mol. The van der Waals surface area contributed by atoms with Crippen LogP contribution in [0.25, 0.3) is 0 Å². The van der Waals surface area contributed by atoms with Gasteiger partial charge in [0.2, 0.25) is 0 Å². The lowest BCUT2D eigenvalue weighted by Crippen LogP contribution is -2.22. The summed E-state index contributed by atoms with van der Waals surface area (Å²) in [5.41, 5.74) is 1.14. The highest BCUT2D eigenvalue weighted by Crippen LogP contribution is 2.25. The number of furan rings is 1. The number of hydrogen-bond donors (Lipinski definition) is 1. The van der Waals surface area contributed by atoms with Crippen molar-refractivity contribution < 1.29 is 4.42 Å². The van der Waals surface area contributed by atoms with Gasteiger partial charge in [0, 0.05) is 17.7 Å². The Kier molecular flexibility index (Phi) is 4.77. The number of hydrogen-bond acceptors (Lipinski definition) is 4. The molecule has 2 rings (SSSR count). The summed E-state index contributed by atoms with van der Waals surface area (Å²) >= 11 is 1.78. The molecule has 0 saturated heterocycles. The second-order valence-electron chi connectivity index (χ2n) is 4.72. The Labute approximate surface area is 119 Å². The van der Waals surface area contributed by atoms with Gasteiger partial charge in [0.1, 0.15) is 11.5 Å². The van der Waals surface area contributed by atoms with E-state index < -0.39 is 0 Å². The van der Waals surface area contributed by atoms with Crippen LogP contribution in [0, 0.1) is 13.8 Å². The smallest absolute Gasteiger partial charge is 0.121 e. The van der Waals surface area contributed by atoms with E-state index in [0.717, 1.165) is 36.6 Å². The van der Waals surface area contributed by atoms with E-state index in [2.05, 4.69) is 50.1 Å². The Morgan fingerprint density at radius 2 is 2.11 bits per heavy atom. The molecule has 0 fully saturated rings. The fraction of sp³-hybridized carbons (Fsp3) is 0.533. The van der Waals surface area contributed by atoms with Crippen LogP contribution in [-0.4, -0.2) is 11.5 Å². The van der Waals surface area contributed by atoms with Crippen LogP contribution in [0.1, 0.15) is 47.0 Å². The van der Waals surface area contributed by atoms with Crippen molar-refractivity contribution in [1.29, 1.82) is 0 Å². The SMILES string of the molecule is CCNC(Cc1nc(C)c(C)s1)c1ccc(CC)o1. The molecule has 104 valence electrons. The van der Waals surface area contributed by atoms with Crippen molar-refractivity contribution in [2.24, 2.45) is 0 Å². The molecule has 2 aromatic heterocycles. The highest BCUT2D eigenvalue weighted by Gasteiger charge is 2.17. The van der Waals surface area contributed by atoms with E-state index in [1.54, 1.807) is 11.3 Å². The predicted molar refractivity (Wildman–Crippen MR) is 79.8 cm³/mol. The molecule has 19 heavy (non-hydrogen) atoms. The van der Waals surface area contributed by atoms with Gasteiger partial charge in [-0.2, -0.15) is 0 Å². The normalized spacial score (nSPS) is 12.8. The molecule has 0 aliphatic rings. The zero-order valence-electron chi connectivity index (χ0n) is 12.1. The fourth-order valence-electron chi connectivity index (χ4n) is 2.09. The van der Waals surface area contributed by atoms with Crippen LogP contribution in [0.15, 0.2) is 16.5 Å². The summed E-state index contributed by atoms with van der Waals surface area (Å²) in [5.74, 6) is 2.06. The maximum absolute atomic E-state index is 5.87. The second-order valence-corrected chi connectivity index (χ2v) is 6.01. The molecular weight excluding hydrogens is 256 g/mol. The Morgan fingerprint density at radius 3 is 2.63 bits per heavy atom. The van der Waals surface area contributed by atoms with E-state index in [9.17, 15) is 0 Å². The van der Waals surface area contributed by atoms with Gasteiger partial charge in [-0.1, -0.05) is 13.8 Å². The van der Waals surface area contributed by atoms with Crippen LogP contribution in [0.5, 0.6) is 0 Å². The van der Waals surface area contributed by atoms with Crippen molar-refractivity contribution >= 4 is 11.3 Å². The van der Waals surface area contributed by atoms with Gasteiger partial charge in [-0.25, -0.2) is 4.98 Å². The first kappa shape index (κ1) is 14.3. The fourth-order valence-corrected chi connectivity index (χ4v) is 3.07. The summed E-state index contributed by atoms with van der Waals surface area (Å²) in [7, 11) is 0. The van der Waals surface area contributed by atoms with Crippen LogP contribution in [0.4, 0.5) is 0 Å². The third-order valence-electron chi connectivity index (χ3n) is 3.28. The van der Waals surface area contributed by atoms with Crippen LogP contribution in [0.2, 0.25) is 0 Å². The summed E-state index contributed by atoms with van der Waals surface area (Å²) in [6.45, 7) is 9.35. The number of thiazole rings is 1. The van der Waals surface area contributed by atoms with E-state index in [0.29, 0.717) is 0 Å². The van der Waals surface area contributed by atoms with Crippen molar-refractivity contribution in [1.82, 2.24) is 10.3 Å². The van der Waals surface area contributed by atoms with E-state index in [1.165, 1.54) is 9.88 Å². The van der Waals surface area contributed by atoms with Crippen molar-refractivity contribution in [2.45, 2.75) is 46.6 Å². The lowest BCUT2D eigenvalue weighted by atomic mass is 10.1. The van der Waals surface area contributed by atoms with Crippen LogP contribution >= 0.6 is 11.3 Å². The minimum absolute atomic E-state index is 0.218. The van der Waals surface area contributed by atoms with E-state index in [4.69, 9.17) is 4.42 Å². The first-order valence-corrected chi connectivity index (χ1v) is 7.70. The first-order valence-electron chi connectivity index (χ1n) is 6.88. The van der Waals surface area contributed by atoms with Crippen LogP contribution in [0.3, 0.4) is 0 Å². The van der Waals surface area contributed by atoms with Crippen molar-refractivity contribution in [3.05, 3.63) is 39.2 Å². The summed E-state index contributed by atoms with van der Waals surface area (Å²) in [6, 6.07) is 4.37. The largest absolute Gasteiger partial charge is 0.464 e. The maximum atomic E-state index is 5.87. The molecule has 4 heteroatoms. The highest BCUT2D eigenvalue weighted by molar-refractivity contribution is 7.11. The third kappa shape index (κ3) is 3.45. The molecule has 0 spiro atoms. The zero-order valence-corrected chi connectivity index (χ0v) is 12.9. The van der Waals surface area contributed by atoms with Gasteiger partial charge in [-0.05, 0) is 32.5 Å². The van der Waals surface area contributed by atoms with E-state index in [1.807, 2.05) is 0 Å². The molecule has 2 heterocycles. The number of likely N-dealkylation sites (N-methyl/N-ethyl adjacent to an activating group) is 1. The Bertz CT molecular complexity index is 510. The molecule has 2 aromatic rings. The number of nitrogens with one attached hydrogen (secondary N) is 1. The third-order valence-corrected chi connectivity index (χ3v) is 4.37. The maximum Gasteiger partial charge on any atom is 0.121 e. The van der Waals surface area contributed by atoms with Gasteiger partial charge in [-0.3, -0.25) is 0 Å². The quantitative estimate of drug-likeness (QED) is 0.873. The standard InChI is InChI=1S/C15H22N2OS/c1-5-12-7-8-14(18-12)13(16-6-2)9-15-17-10(3)11(4)19-15/h7-8,13,16H,5-6,9H2,1-4H3. The second kappa shape index (κ2) is 6.35. The summed E-state index contributed by atoms with van der Waals surface area (Å²) in [6.07, 6.45) is 1.83. The van der Waals surface area contributed by atoms with Crippen LogP contribution in [-0.2, 0) is 12.8 Å². The molecule has 0 aliphatic carbocycles. The first-order chi connectivity index (χ1) is 9.13. The molecular formula is C15H22N2OS. The van der Waals surface area contributed by atoms with Gasteiger partial charge >= 0.3 is 0 Å². The highest BCUT2D eigenvalue weighted by atomic mass is 32.1. The van der Waals surface area contributed by atoms with E-state index in [-0.39, 0.29) is 6.04 Å². The van der Waals surface area contributed by atoms with Crippen molar-refractivity contribution in [3.63, 3.8) is 0 Å². The minimum atomic E-state index is 0.218. The Morgan fingerprint density at radius 1 is 1.32 bits per heavy atom. The number of aromatic nitrogens is 1. The topological polar surface area (TPSA) is 38.1 Å². The summed E-state index contributed by atoms with van der Waals surface area (Å²) in [4.78, 5) is 5.93. The summed E-state index contributed by atoms with van der Waals surface area (Å²) in [5, 5.41) is 4.66. The predicted octanol–water partition coefficient (Wildman–Crippen LogP) is 3.81. The molecule has 1 unspecified atom stereocenters. The minimum Gasteiger partial charge on any atom is -0.464 e. The van der Waals surface area contributed by atoms with Crippen molar-refractivity contribution in [3.8, 4) is 0 Å². The number of aryl methyl sites for hydroxylation is 3. The zero-order chi connectivity index (χ0) is 13.8. The van der Waals surface area contributed by atoms with Gasteiger partial charge in [0.25, 0.3) is 0 Å². The monoisotopic (exact) mass is 278 g/mol. The van der Waals surface area contributed by atoms with Crippen molar-refractivity contribution in [2.75, 3.05) is 6.54 Å². The molecule has 0 saturated carbocycles. The summed E-state index contributed by atoms with van der Waals surface area (Å²) < 4.78 is 5.87. The molecule has 1 N–H and O–H groups in total. The molecule has 3 nitrogen and oxygen atoms in total. The average Bonchev–Trinajstić information content (AvgIpc) is 2.97. The lowest BCUT2D eigenvalue weighted by molar-refractivity contribution is 0.396. The van der Waals surface area contributed by atoms with Gasteiger partial charge < -0.3 is 9.73 Å². The van der Waals surface area contributed by atoms with E-state index >= 15 is 0 Å².